The number of para-hydroxylation sites is 2. The fourth-order valence-corrected chi connectivity index (χ4v) is 3.47. The number of aromatic nitrogens is 1. The number of aromatic amines is 1. The number of carbonyl (C=O) groups is 1. The second-order valence-corrected chi connectivity index (χ2v) is 5.81. The lowest BCUT2D eigenvalue weighted by Crippen LogP contribution is -2.31. The van der Waals surface area contributed by atoms with Crippen LogP contribution in [-0.2, 0) is 6.42 Å². The lowest BCUT2D eigenvalue weighted by molar-refractivity contribution is 0.0698. The highest BCUT2D eigenvalue weighted by molar-refractivity contribution is 5.94. The van der Waals surface area contributed by atoms with Crippen LogP contribution in [0.15, 0.2) is 42.5 Å². The molecule has 2 aromatic carbocycles. The molecule has 2 heterocycles. The largest absolute Gasteiger partial charge is 0.478 e. The zero-order valence-electron chi connectivity index (χ0n) is 12.5. The molecule has 0 amide bonds. The molecule has 1 atom stereocenters. The summed E-state index contributed by atoms with van der Waals surface area (Å²) in [7, 11) is 0. The molecule has 0 saturated carbocycles. The Hall–Kier alpha value is -2.79. The summed E-state index contributed by atoms with van der Waals surface area (Å²) in [5.74, 6) is -1.00. The van der Waals surface area contributed by atoms with Crippen LogP contribution in [0.5, 0.6) is 0 Å². The zero-order valence-corrected chi connectivity index (χ0v) is 12.5. The molecule has 0 saturated heterocycles. The van der Waals surface area contributed by atoms with E-state index in [9.17, 15) is 9.90 Å². The number of anilines is 1. The van der Waals surface area contributed by atoms with Crippen LogP contribution in [0.25, 0.3) is 10.9 Å². The van der Waals surface area contributed by atoms with E-state index < -0.39 is 5.97 Å². The predicted octanol–water partition coefficient (Wildman–Crippen LogP) is 2.68. The molecule has 0 fully saturated rings. The van der Waals surface area contributed by atoms with Crippen molar-refractivity contribution in [3.05, 3.63) is 64.8 Å². The molecular weight excluding hydrogens is 290 g/mol. The predicted molar refractivity (Wildman–Crippen MR) is 89.7 cm³/mol. The highest BCUT2D eigenvalue weighted by atomic mass is 16.4. The van der Waals surface area contributed by atoms with Crippen molar-refractivity contribution in [1.29, 1.82) is 0 Å². The molecule has 23 heavy (non-hydrogen) atoms. The van der Waals surface area contributed by atoms with E-state index in [1.54, 1.807) is 6.07 Å². The molecule has 1 aromatic heterocycles. The van der Waals surface area contributed by atoms with Gasteiger partial charge in [0.1, 0.15) is 0 Å². The first-order valence-electron chi connectivity index (χ1n) is 7.61. The van der Waals surface area contributed by atoms with Gasteiger partial charge >= 0.3 is 5.97 Å². The van der Waals surface area contributed by atoms with Crippen LogP contribution in [0, 0.1) is 0 Å². The third-order valence-electron chi connectivity index (χ3n) is 4.54. The number of hydrogen-bond acceptors (Lipinski definition) is 3. The van der Waals surface area contributed by atoms with E-state index in [0.717, 1.165) is 29.7 Å². The third-order valence-corrected chi connectivity index (χ3v) is 4.54. The number of hydrogen-bond donors (Lipinski definition) is 4. The van der Waals surface area contributed by atoms with Gasteiger partial charge in [0, 0.05) is 23.1 Å². The Bertz CT molecular complexity index is 914. The standard InChI is InChI=1S/C18H17N3O2/c19-15-12(5-3-6-13(15)18(22)23)16-17-11(8-9-20-16)10-4-1-2-7-14(10)21-17/h1-7,16,20-21H,8-9,19H2,(H,22,23). The average molecular weight is 307 g/mol. The molecule has 5 heteroatoms. The fourth-order valence-electron chi connectivity index (χ4n) is 3.47. The van der Waals surface area contributed by atoms with Crippen molar-refractivity contribution in [3.8, 4) is 0 Å². The molecule has 4 rings (SSSR count). The first kappa shape index (κ1) is 13.8. The topological polar surface area (TPSA) is 91.1 Å². The first-order chi connectivity index (χ1) is 11.2. The highest BCUT2D eigenvalue weighted by Gasteiger charge is 2.27. The summed E-state index contributed by atoms with van der Waals surface area (Å²) in [5.41, 5.74) is 10.9. The summed E-state index contributed by atoms with van der Waals surface area (Å²) in [4.78, 5) is 14.8. The quantitative estimate of drug-likeness (QED) is 0.548. The molecule has 1 unspecified atom stereocenters. The summed E-state index contributed by atoms with van der Waals surface area (Å²) < 4.78 is 0. The Morgan fingerprint density at radius 1 is 1.17 bits per heavy atom. The Kier molecular flexibility index (Phi) is 3.09. The smallest absolute Gasteiger partial charge is 0.337 e. The minimum Gasteiger partial charge on any atom is -0.478 e. The number of nitrogens with two attached hydrogens (primary N) is 1. The monoisotopic (exact) mass is 307 g/mol. The highest BCUT2D eigenvalue weighted by Crippen LogP contribution is 2.36. The number of carboxylic acids is 1. The summed E-state index contributed by atoms with van der Waals surface area (Å²) in [6.45, 7) is 0.830. The average Bonchev–Trinajstić information content (AvgIpc) is 2.93. The van der Waals surface area contributed by atoms with Crippen LogP contribution < -0.4 is 11.1 Å². The van der Waals surface area contributed by atoms with Gasteiger partial charge < -0.3 is 21.1 Å². The number of nitrogen functional groups attached to an aromatic ring is 1. The van der Waals surface area contributed by atoms with Crippen molar-refractivity contribution in [2.45, 2.75) is 12.5 Å². The summed E-state index contributed by atoms with van der Waals surface area (Å²) in [6.07, 6.45) is 0.939. The minimum atomic E-state index is -1.00. The van der Waals surface area contributed by atoms with Crippen molar-refractivity contribution in [2.24, 2.45) is 0 Å². The van der Waals surface area contributed by atoms with Crippen LogP contribution in [0.3, 0.4) is 0 Å². The Labute approximate surface area is 133 Å². The minimum absolute atomic E-state index is 0.120. The maximum atomic E-state index is 11.3. The van der Waals surface area contributed by atoms with Gasteiger partial charge in [0.15, 0.2) is 0 Å². The Morgan fingerprint density at radius 2 is 2.00 bits per heavy atom. The molecule has 0 spiro atoms. The second kappa shape index (κ2) is 5.14. The van der Waals surface area contributed by atoms with Crippen LogP contribution in [0.2, 0.25) is 0 Å². The Balaban J connectivity index is 1.90. The van der Waals surface area contributed by atoms with Crippen LogP contribution in [0.1, 0.15) is 33.2 Å². The third kappa shape index (κ3) is 2.09. The molecule has 5 nitrogen and oxygen atoms in total. The molecule has 5 N–H and O–H groups in total. The van der Waals surface area contributed by atoms with Crippen LogP contribution >= 0.6 is 0 Å². The molecule has 0 bridgehead atoms. The van der Waals surface area contributed by atoms with E-state index in [1.807, 2.05) is 18.2 Å². The molecule has 0 radical (unpaired) electrons. The number of nitrogens with one attached hydrogen (secondary N) is 2. The summed E-state index contributed by atoms with van der Waals surface area (Å²) >= 11 is 0. The maximum absolute atomic E-state index is 11.3. The molecule has 1 aliphatic rings. The van der Waals surface area contributed by atoms with Crippen molar-refractivity contribution >= 4 is 22.6 Å². The Morgan fingerprint density at radius 3 is 2.83 bits per heavy atom. The van der Waals surface area contributed by atoms with Gasteiger partial charge in [0.05, 0.1) is 17.3 Å². The second-order valence-electron chi connectivity index (χ2n) is 5.81. The molecular formula is C18H17N3O2. The molecule has 1 aliphatic heterocycles. The van der Waals surface area contributed by atoms with Gasteiger partial charge in [-0.1, -0.05) is 30.3 Å². The van der Waals surface area contributed by atoms with E-state index in [4.69, 9.17) is 5.73 Å². The molecule has 0 aliphatic carbocycles. The number of benzene rings is 2. The maximum Gasteiger partial charge on any atom is 0.337 e. The number of carboxylic acid groups (broad SMARTS) is 1. The summed E-state index contributed by atoms with van der Waals surface area (Å²) in [5, 5.41) is 14.0. The van der Waals surface area contributed by atoms with Crippen molar-refractivity contribution in [1.82, 2.24) is 10.3 Å². The molecule has 3 aromatic rings. The zero-order chi connectivity index (χ0) is 16.0. The van der Waals surface area contributed by atoms with Crippen molar-refractivity contribution < 1.29 is 9.90 Å². The van der Waals surface area contributed by atoms with Gasteiger partial charge in [0.2, 0.25) is 0 Å². The fraction of sp³-hybridized carbons (Fsp3) is 0.167. The van der Waals surface area contributed by atoms with Crippen molar-refractivity contribution in [2.75, 3.05) is 12.3 Å². The lowest BCUT2D eigenvalue weighted by Gasteiger charge is -2.26. The van der Waals surface area contributed by atoms with Crippen LogP contribution in [-0.4, -0.2) is 22.6 Å². The van der Waals surface area contributed by atoms with E-state index in [0.29, 0.717) is 5.69 Å². The van der Waals surface area contributed by atoms with E-state index >= 15 is 0 Å². The van der Waals surface area contributed by atoms with Gasteiger partial charge in [-0.15, -0.1) is 0 Å². The van der Waals surface area contributed by atoms with Gasteiger partial charge in [-0.2, -0.15) is 0 Å². The van der Waals surface area contributed by atoms with Gasteiger partial charge in [0.25, 0.3) is 0 Å². The molecule has 116 valence electrons. The number of H-pyrrole nitrogens is 1. The summed E-state index contributed by atoms with van der Waals surface area (Å²) in [6, 6.07) is 13.3. The number of aromatic carboxylic acids is 1. The number of rotatable bonds is 2. The van der Waals surface area contributed by atoms with E-state index in [-0.39, 0.29) is 11.6 Å². The van der Waals surface area contributed by atoms with Crippen molar-refractivity contribution in [3.63, 3.8) is 0 Å². The lowest BCUT2D eigenvalue weighted by atomic mass is 9.92. The van der Waals surface area contributed by atoms with E-state index in [1.165, 1.54) is 17.0 Å². The van der Waals surface area contributed by atoms with Crippen LogP contribution in [0.4, 0.5) is 5.69 Å². The van der Waals surface area contributed by atoms with Gasteiger partial charge in [-0.05, 0) is 29.7 Å². The van der Waals surface area contributed by atoms with Gasteiger partial charge in [-0.3, -0.25) is 0 Å². The first-order valence-corrected chi connectivity index (χ1v) is 7.61. The SMILES string of the molecule is Nc1c(C(=O)O)cccc1C1NCCc2c1[nH]c1ccccc21. The van der Waals surface area contributed by atoms with E-state index in [2.05, 4.69) is 22.4 Å². The normalized spacial score (nSPS) is 17.1. The number of fused-ring (bicyclic) bond motifs is 3. The van der Waals surface area contributed by atoms with Gasteiger partial charge in [-0.25, -0.2) is 4.79 Å².